The zero-order valence-electron chi connectivity index (χ0n) is 16.8. The van der Waals surface area contributed by atoms with Crippen molar-refractivity contribution in [3.05, 3.63) is 41.0 Å². The molecule has 1 aromatic carbocycles. The van der Waals surface area contributed by atoms with Crippen molar-refractivity contribution in [2.24, 2.45) is 11.8 Å². The normalized spacial score (nSPS) is 37.3. The first-order chi connectivity index (χ1) is 14.5. The first-order valence-electron chi connectivity index (χ1n) is 10.00. The van der Waals surface area contributed by atoms with Crippen LogP contribution in [0.1, 0.15) is 37.8 Å². The number of ether oxygens (including phenoxy) is 2. The van der Waals surface area contributed by atoms with Gasteiger partial charge in [-0.2, -0.15) is 18.4 Å². The summed E-state index contributed by atoms with van der Waals surface area (Å²) in [7, 11) is 0. The number of fused-ring (bicyclic) bond motifs is 2. The summed E-state index contributed by atoms with van der Waals surface area (Å²) in [6.07, 6.45) is -3.10. The van der Waals surface area contributed by atoms with E-state index in [1.807, 2.05) is 6.92 Å². The zero-order valence-corrected chi connectivity index (χ0v) is 16.8. The number of nitriles is 1. The molecule has 0 radical (unpaired) electrons. The van der Waals surface area contributed by atoms with Gasteiger partial charge in [0.05, 0.1) is 41.2 Å². The Hall–Kier alpha value is -2.70. The highest BCUT2D eigenvalue weighted by Gasteiger charge is 2.76. The third-order valence-electron chi connectivity index (χ3n) is 6.97. The lowest BCUT2D eigenvalue weighted by molar-refractivity contribution is -0.138. The van der Waals surface area contributed by atoms with Gasteiger partial charge in [-0.15, -0.1) is 0 Å². The minimum absolute atomic E-state index is 0.0351. The van der Waals surface area contributed by atoms with Crippen molar-refractivity contribution in [1.29, 1.82) is 5.26 Å². The summed E-state index contributed by atoms with van der Waals surface area (Å²) < 4.78 is 52.8. The van der Waals surface area contributed by atoms with Crippen LogP contribution in [0.3, 0.4) is 0 Å². The summed E-state index contributed by atoms with van der Waals surface area (Å²) in [5.74, 6) is -1.50. The molecule has 1 amide bonds. The van der Waals surface area contributed by atoms with E-state index in [0.717, 1.165) is 17.7 Å². The highest BCUT2D eigenvalue weighted by atomic mass is 19.4. The average Bonchev–Trinajstić information content (AvgIpc) is 3.24. The van der Waals surface area contributed by atoms with Crippen molar-refractivity contribution in [2.45, 2.75) is 50.3 Å². The number of rotatable bonds is 2. The lowest BCUT2D eigenvalue weighted by atomic mass is 9.63. The van der Waals surface area contributed by atoms with Crippen LogP contribution >= 0.6 is 0 Å². The van der Waals surface area contributed by atoms with Crippen molar-refractivity contribution in [3.63, 3.8) is 0 Å². The molecule has 0 saturated carbocycles. The number of amides is 1. The third-order valence-corrected chi connectivity index (χ3v) is 6.97. The maximum absolute atomic E-state index is 13.5. The van der Waals surface area contributed by atoms with Crippen molar-refractivity contribution in [1.82, 2.24) is 0 Å². The molecule has 4 saturated heterocycles. The SMILES string of the molecule is CC(=O)/C=C1\C[C@@]2(C)O[C@@]13CCO[C@H]1[C@@H]3[C@@H]2C(=O)N1c1ccc(C#N)c(C(F)(F)F)c1. The summed E-state index contributed by atoms with van der Waals surface area (Å²) in [6, 6.07) is 4.80. The number of hydrogen-bond acceptors (Lipinski definition) is 5. The number of carbonyl (C=O) groups excluding carboxylic acids is 2. The van der Waals surface area contributed by atoms with Crippen molar-refractivity contribution in [3.8, 4) is 6.07 Å². The molecular weight excluding hydrogens is 413 g/mol. The van der Waals surface area contributed by atoms with Gasteiger partial charge in [-0.25, -0.2) is 0 Å². The predicted octanol–water partition coefficient (Wildman–Crippen LogP) is 3.35. The summed E-state index contributed by atoms with van der Waals surface area (Å²) in [5, 5.41) is 9.07. The summed E-state index contributed by atoms with van der Waals surface area (Å²) in [4.78, 5) is 26.6. The Bertz CT molecular complexity index is 1090. The van der Waals surface area contributed by atoms with Crippen molar-refractivity contribution < 1.29 is 32.2 Å². The van der Waals surface area contributed by atoms with E-state index in [2.05, 4.69) is 0 Å². The minimum atomic E-state index is -4.74. The fraction of sp³-hybridized carbons (Fsp3) is 0.500. The number of halogens is 3. The van der Waals surface area contributed by atoms with Crippen LogP contribution < -0.4 is 4.90 Å². The number of hydrogen-bond donors (Lipinski definition) is 0. The van der Waals surface area contributed by atoms with E-state index < -0.39 is 46.6 Å². The van der Waals surface area contributed by atoms with Gasteiger partial charge in [-0.3, -0.25) is 14.5 Å². The quantitative estimate of drug-likeness (QED) is 0.670. The van der Waals surface area contributed by atoms with Crippen LogP contribution in [0.15, 0.2) is 29.8 Å². The van der Waals surface area contributed by atoms with Gasteiger partial charge in [0.2, 0.25) is 5.91 Å². The molecule has 0 aliphatic carbocycles. The second kappa shape index (κ2) is 6.17. The van der Waals surface area contributed by atoms with E-state index in [4.69, 9.17) is 14.7 Å². The molecule has 5 atom stereocenters. The van der Waals surface area contributed by atoms with Gasteiger partial charge in [-0.05, 0) is 43.7 Å². The van der Waals surface area contributed by atoms with Crippen LogP contribution in [-0.2, 0) is 25.2 Å². The number of anilines is 1. The van der Waals surface area contributed by atoms with Crippen molar-refractivity contribution in [2.75, 3.05) is 11.5 Å². The zero-order chi connectivity index (χ0) is 22.3. The molecular formula is C22H19F3N2O4. The van der Waals surface area contributed by atoms with Crippen LogP contribution in [0, 0.1) is 23.2 Å². The predicted molar refractivity (Wildman–Crippen MR) is 101 cm³/mol. The molecule has 162 valence electrons. The number of carbonyl (C=O) groups is 2. The van der Waals surface area contributed by atoms with Gasteiger partial charge < -0.3 is 9.47 Å². The molecule has 4 fully saturated rings. The molecule has 4 aliphatic heterocycles. The molecule has 0 aromatic heterocycles. The summed E-state index contributed by atoms with van der Waals surface area (Å²) >= 11 is 0. The van der Waals surface area contributed by atoms with Crippen LogP contribution in [0.4, 0.5) is 18.9 Å². The maximum atomic E-state index is 13.5. The van der Waals surface area contributed by atoms with Crippen LogP contribution in [0.2, 0.25) is 0 Å². The van der Waals surface area contributed by atoms with Gasteiger partial charge in [0, 0.05) is 18.5 Å². The average molecular weight is 432 g/mol. The van der Waals surface area contributed by atoms with Gasteiger partial charge in [0.15, 0.2) is 5.78 Å². The second-order valence-electron chi connectivity index (χ2n) is 8.82. The number of nitrogens with zero attached hydrogens (tertiary/aromatic N) is 2. The molecule has 31 heavy (non-hydrogen) atoms. The minimum Gasteiger partial charge on any atom is -0.363 e. The number of benzene rings is 1. The fourth-order valence-electron chi connectivity index (χ4n) is 5.99. The van der Waals surface area contributed by atoms with Gasteiger partial charge in [0.1, 0.15) is 11.8 Å². The monoisotopic (exact) mass is 432 g/mol. The van der Waals surface area contributed by atoms with E-state index in [9.17, 15) is 22.8 Å². The molecule has 6 nitrogen and oxygen atoms in total. The molecule has 2 bridgehead atoms. The summed E-state index contributed by atoms with van der Waals surface area (Å²) in [6.45, 7) is 3.51. The molecule has 0 unspecified atom stereocenters. The Labute approximate surface area is 176 Å². The largest absolute Gasteiger partial charge is 0.417 e. The maximum Gasteiger partial charge on any atom is 0.417 e. The number of ketones is 1. The Balaban J connectivity index is 1.63. The first-order valence-corrected chi connectivity index (χ1v) is 10.00. The molecule has 4 aliphatic rings. The van der Waals surface area contributed by atoms with Crippen LogP contribution in [-0.4, -0.2) is 35.7 Å². The van der Waals surface area contributed by atoms with Gasteiger partial charge in [0.25, 0.3) is 0 Å². The van der Waals surface area contributed by atoms with E-state index in [1.165, 1.54) is 17.9 Å². The van der Waals surface area contributed by atoms with E-state index in [1.54, 1.807) is 12.1 Å². The van der Waals surface area contributed by atoms with E-state index >= 15 is 0 Å². The first kappa shape index (κ1) is 20.2. The van der Waals surface area contributed by atoms with Crippen LogP contribution in [0.5, 0.6) is 0 Å². The molecule has 9 heteroatoms. The van der Waals surface area contributed by atoms with Gasteiger partial charge >= 0.3 is 6.18 Å². The topological polar surface area (TPSA) is 79.6 Å². The smallest absolute Gasteiger partial charge is 0.363 e. The molecule has 5 rings (SSSR count). The standard InChI is InChI=1S/C22H19F3N2O4/c1-11(28)7-13-9-20(2)16-17-19(30-6-5-21(13,17)31-20)27(18(16)29)14-4-3-12(10-26)15(8-14)22(23,24)25/h3-4,7-8,16-17,19H,5-6,9H2,1-2H3/b13-7+/t16-,17+,19+,20-,21+/m1/s1. The highest BCUT2D eigenvalue weighted by molar-refractivity contribution is 6.00. The third kappa shape index (κ3) is 2.58. The molecule has 4 heterocycles. The number of alkyl halides is 3. The Morgan fingerprint density at radius 2 is 2.13 bits per heavy atom. The van der Waals surface area contributed by atoms with E-state index in [-0.39, 0.29) is 24.0 Å². The molecule has 0 N–H and O–H groups in total. The Morgan fingerprint density at radius 3 is 2.77 bits per heavy atom. The summed E-state index contributed by atoms with van der Waals surface area (Å²) in [5.41, 5.74) is -2.44. The second-order valence-corrected chi connectivity index (χ2v) is 8.82. The fourth-order valence-corrected chi connectivity index (χ4v) is 5.99. The van der Waals surface area contributed by atoms with Crippen LogP contribution in [0.25, 0.3) is 0 Å². The Kier molecular flexibility index (Phi) is 4.03. The molecule has 1 aromatic rings. The number of allylic oxidation sites excluding steroid dienone is 1. The van der Waals surface area contributed by atoms with Crippen molar-refractivity contribution >= 4 is 17.4 Å². The highest BCUT2D eigenvalue weighted by Crippen LogP contribution is 2.67. The molecule has 1 spiro atoms. The lowest BCUT2D eigenvalue weighted by Crippen LogP contribution is -2.52. The lowest BCUT2D eigenvalue weighted by Gasteiger charge is -2.43. The Morgan fingerprint density at radius 1 is 1.39 bits per heavy atom. The van der Waals surface area contributed by atoms with E-state index in [0.29, 0.717) is 12.8 Å². The van der Waals surface area contributed by atoms with Gasteiger partial charge in [-0.1, -0.05) is 0 Å².